The van der Waals surface area contributed by atoms with Gasteiger partial charge in [0.2, 0.25) is 5.91 Å². The Morgan fingerprint density at radius 3 is 2.93 bits per heavy atom. The first-order valence-corrected chi connectivity index (χ1v) is 9.61. The number of benzene rings is 2. The number of carbonyl (C=O) groups is 1. The van der Waals surface area contributed by atoms with Crippen LogP contribution in [0.2, 0.25) is 0 Å². The Hall–Kier alpha value is -3.21. The van der Waals surface area contributed by atoms with Gasteiger partial charge in [-0.25, -0.2) is 0 Å². The van der Waals surface area contributed by atoms with Crippen LogP contribution in [0.25, 0.3) is 21.8 Å². The molecule has 0 fully saturated rings. The van der Waals surface area contributed by atoms with Gasteiger partial charge in [0.25, 0.3) is 0 Å². The van der Waals surface area contributed by atoms with Crippen molar-refractivity contribution in [1.29, 1.82) is 0 Å². The molecule has 0 saturated carbocycles. The van der Waals surface area contributed by atoms with Gasteiger partial charge in [0, 0.05) is 40.2 Å². The van der Waals surface area contributed by atoms with Crippen LogP contribution in [-0.4, -0.2) is 28.6 Å². The maximum absolute atomic E-state index is 12.5. The SMILES string of the molecule is COc1ccc2c(ccn2CC(=O)NC(C)CCc2c[nH]c3ccccc23)c1. The highest BCUT2D eigenvalue weighted by Crippen LogP contribution is 2.22. The van der Waals surface area contributed by atoms with E-state index in [9.17, 15) is 4.79 Å². The average Bonchev–Trinajstić information content (AvgIpc) is 3.30. The predicted molar refractivity (Wildman–Crippen MR) is 113 cm³/mol. The summed E-state index contributed by atoms with van der Waals surface area (Å²) in [6.45, 7) is 2.37. The lowest BCUT2D eigenvalue weighted by Gasteiger charge is -2.14. The van der Waals surface area contributed by atoms with Gasteiger partial charge in [-0.1, -0.05) is 18.2 Å². The number of methoxy groups -OCH3 is 1. The summed E-state index contributed by atoms with van der Waals surface area (Å²) in [6.07, 6.45) is 5.84. The highest BCUT2D eigenvalue weighted by molar-refractivity contribution is 5.85. The fraction of sp³-hybridized carbons (Fsp3) is 0.261. The number of hydrogen-bond donors (Lipinski definition) is 2. The second-order valence-electron chi connectivity index (χ2n) is 7.24. The molecule has 2 aromatic carbocycles. The van der Waals surface area contributed by atoms with Crippen molar-refractivity contribution in [1.82, 2.24) is 14.9 Å². The van der Waals surface area contributed by atoms with Crippen LogP contribution in [0.3, 0.4) is 0 Å². The third-order valence-electron chi connectivity index (χ3n) is 5.22. The van der Waals surface area contributed by atoms with E-state index in [4.69, 9.17) is 4.74 Å². The smallest absolute Gasteiger partial charge is 0.240 e. The number of carbonyl (C=O) groups excluding carboxylic acids is 1. The third-order valence-corrected chi connectivity index (χ3v) is 5.22. The van der Waals surface area contributed by atoms with E-state index in [1.165, 1.54) is 10.9 Å². The molecule has 0 bridgehead atoms. The maximum Gasteiger partial charge on any atom is 0.240 e. The number of aromatic nitrogens is 2. The highest BCUT2D eigenvalue weighted by Gasteiger charge is 2.11. The molecule has 144 valence electrons. The standard InChI is InChI=1S/C23H25N3O2/c1-16(7-8-18-14-24-21-6-4-3-5-20(18)21)25-23(27)15-26-12-11-17-13-19(28-2)9-10-22(17)26/h3-6,9-14,16,24H,7-8,15H2,1-2H3,(H,25,27). The number of para-hydroxylation sites is 1. The third kappa shape index (κ3) is 3.74. The van der Waals surface area contributed by atoms with Gasteiger partial charge in [0.05, 0.1) is 7.11 Å². The summed E-state index contributed by atoms with van der Waals surface area (Å²) in [6, 6.07) is 16.3. The lowest BCUT2D eigenvalue weighted by atomic mass is 10.1. The first kappa shape index (κ1) is 18.2. The number of aryl methyl sites for hydroxylation is 1. The van der Waals surface area contributed by atoms with Crippen molar-refractivity contribution in [2.45, 2.75) is 32.4 Å². The molecule has 2 N–H and O–H groups in total. The van der Waals surface area contributed by atoms with Gasteiger partial charge in [0.1, 0.15) is 12.3 Å². The number of aromatic amines is 1. The van der Waals surface area contributed by atoms with E-state index in [1.54, 1.807) is 7.11 Å². The molecule has 2 aromatic heterocycles. The van der Waals surface area contributed by atoms with Gasteiger partial charge in [-0.2, -0.15) is 0 Å². The summed E-state index contributed by atoms with van der Waals surface area (Å²) in [7, 11) is 1.66. The molecule has 1 unspecified atom stereocenters. The maximum atomic E-state index is 12.5. The minimum absolute atomic E-state index is 0.0275. The number of hydrogen-bond acceptors (Lipinski definition) is 2. The molecule has 28 heavy (non-hydrogen) atoms. The number of amides is 1. The Balaban J connectivity index is 1.34. The van der Waals surface area contributed by atoms with Crippen molar-refractivity contribution in [3.05, 3.63) is 66.5 Å². The minimum atomic E-state index is 0.0275. The summed E-state index contributed by atoms with van der Waals surface area (Å²) in [5.74, 6) is 0.848. The zero-order valence-electron chi connectivity index (χ0n) is 16.2. The van der Waals surface area contributed by atoms with Crippen LogP contribution >= 0.6 is 0 Å². The second kappa shape index (κ2) is 7.80. The molecule has 2 heterocycles. The molecule has 0 aliphatic carbocycles. The molecule has 4 aromatic rings. The number of nitrogens with zero attached hydrogens (tertiary/aromatic N) is 1. The van der Waals surface area contributed by atoms with Crippen molar-refractivity contribution < 1.29 is 9.53 Å². The molecule has 1 amide bonds. The predicted octanol–water partition coefficient (Wildman–Crippen LogP) is 4.27. The first-order valence-electron chi connectivity index (χ1n) is 9.61. The fourth-order valence-corrected chi connectivity index (χ4v) is 3.70. The van der Waals surface area contributed by atoms with E-state index in [2.05, 4.69) is 41.6 Å². The summed E-state index contributed by atoms with van der Waals surface area (Å²) in [4.78, 5) is 15.8. The molecule has 0 saturated heterocycles. The van der Waals surface area contributed by atoms with Crippen molar-refractivity contribution in [3.63, 3.8) is 0 Å². The van der Waals surface area contributed by atoms with Crippen LogP contribution in [0.5, 0.6) is 5.75 Å². The quantitative estimate of drug-likeness (QED) is 0.507. The Kier molecular flexibility index (Phi) is 5.06. The van der Waals surface area contributed by atoms with Gasteiger partial charge in [-0.15, -0.1) is 0 Å². The summed E-state index contributed by atoms with van der Waals surface area (Å²) < 4.78 is 7.23. The van der Waals surface area contributed by atoms with E-state index >= 15 is 0 Å². The van der Waals surface area contributed by atoms with E-state index in [0.29, 0.717) is 6.54 Å². The molecule has 4 rings (SSSR count). The van der Waals surface area contributed by atoms with E-state index < -0.39 is 0 Å². The van der Waals surface area contributed by atoms with Crippen molar-refractivity contribution in [2.24, 2.45) is 0 Å². The van der Waals surface area contributed by atoms with Gasteiger partial charge in [-0.05, 0) is 55.7 Å². The van der Waals surface area contributed by atoms with Crippen LogP contribution < -0.4 is 10.1 Å². The summed E-state index contributed by atoms with van der Waals surface area (Å²) >= 11 is 0. The molecule has 0 spiro atoms. The fourth-order valence-electron chi connectivity index (χ4n) is 3.70. The number of ether oxygens (including phenoxy) is 1. The molecule has 1 atom stereocenters. The van der Waals surface area contributed by atoms with E-state index in [-0.39, 0.29) is 11.9 Å². The van der Waals surface area contributed by atoms with Gasteiger partial charge in [-0.3, -0.25) is 4.79 Å². The topological polar surface area (TPSA) is 59.0 Å². The largest absolute Gasteiger partial charge is 0.497 e. The lowest BCUT2D eigenvalue weighted by molar-refractivity contribution is -0.122. The van der Waals surface area contributed by atoms with Crippen LogP contribution in [-0.2, 0) is 17.8 Å². The Bertz CT molecular complexity index is 1110. The number of H-pyrrole nitrogens is 1. The Labute approximate surface area is 164 Å². The average molecular weight is 375 g/mol. The molecule has 5 nitrogen and oxygen atoms in total. The summed E-state index contributed by atoms with van der Waals surface area (Å²) in [5, 5.41) is 5.45. The monoisotopic (exact) mass is 375 g/mol. The molecule has 0 aliphatic heterocycles. The zero-order chi connectivity index (χ0) is 19.5. The lowest BCUT2D eigenvalue weighted by Crippen LogP contribution is -2.35. The molecular formula is C23H25N3O2. The minimum Gasteiger partial charge on any atom is -0.497 e. The Morgan fingerprint density at radius 1 is 1.21 bits per heavy atom. The number of fused-ring (bicyclic) bond motifs is 2. The van der Waals surface area contributed by atoms with Crippen molar-refractivity contribution in [2.75, 3.05) is 7.11 Å². The van der Waals surface area contributed by atoms with Crippen LogP contribution in [0, 0.1) is 0 Å². The molecular weight excluding hydrogens is 350 g/mol. The number of rotatable bonds is 7. The Morgan fingerprint density at radius 2 is 2.07 bits per heavy atom. The molecule has 0 radical (unpaired) electrons. The van der Waals surface area contributed by atoms with Crippen LogP contribution in [0.15, 0.2) is 60.9 Å². The normalized spacial score (nSPS) is 12.4. The van der Waals surface area contributed by atoms with Gasteiger partial charge in [0.15, 0.2) is 0 Å². The van der Waals surface area contributed by atoms with Crippen molar-refractivity contribution >= 4 is 27.7 Å². The van der Waals surface area contributed by atoms with Gasteiger partial charge >= 0.3 is 0 Å². The van der Waals surface area contributed by atoms with Gasteiger partial charge < -0.3 is 19.6 Å². The number of nitrogens with one attached hydrogen (secondary N) is 2. The zero-order valence-corrected chi connectivity index (χ0v) is 16.2. The first-order chi connectivity index (χ1) is 13.6. The van der Waals surface area contributed by atoms with Crippen LogP contribution in [0.4, 0.5) is 0 Å². The second-order valence-corrected chi connectivity index (χ2v) is 7.24. The van der Waals surface area contributed by atoms with Crippen LogP contribution in [0.1, 0.15) is 18.9 Å². The highest BCUT2D eigenvalue weighted by atomic mass is 16.5. The molecule has 0 aliphatic rings. The van der Waals surface area contributed by atoms with E-state index in [0.717, 1.165) is 35.0 Å². The van der Waals surface area contributed by atoms with Crippen molar-refractivity contribution in [3.8, 4) is 5.75 Å². The summed E-state index contributed by atoms with van der Waals surface area (Å²) in [5.41, 5.74) is 3.48. The molecule has 5 heteroatoms. The van der Waals surface area contributed by atoms with E-state index in [1.807, 2.05) is 41.1 Å².